The number of aliphatic hydroxyl groups is 3. The molecule has 45 heavy (non-hydrogen) atoms. The molecule has 14 atom stereocenters. The van der Waals surface area contributed by atoms with Gasteiger partial charge in [0.15, 0.2) is 0 Å². The third kappa shape index (κ3) is 3.83. The van der Waals surface area contributed by atoms with E-state index in [9.17, 15) is 24.9 Å². The van der Waals surface area contributed by atoms with Crippen molar-refractivity contribution in [2.24, 2.45) is 34.5 Å². The maximum Gasteiger partial charge on any atom is 0.338 e. The third-order valence-corrected chi connectivity index (χ3v) is 13.1. The number of piperidine rings is 1. The van der Waals surface area contributed by atoms with E-state index in [1.807, 2.05) is 6.07 Å². The third-order valence-electron chi connectivity index (χ3n) is 13.1. The van der Waals surface area contributed by atoms with Crippen molar-refractivity contribution in [2.45, 2.75) is 87.3 Å². The van der Waals surface area contributed by atoms with Gasteiger partial charge in [-0.3, -0.25) is 9.69 Å². The zero-order valence-corrected chi connectivity index (χ0v) is 26.8. The lowest BCUT2D eigenvalue weighted by Gasteiger charge is -2.79. The number of carbonyl (C=O) groups is 2. The molecule has 0 amide bonds. The molecular weight excluding hydrogens is 582 g/mol. The van der Waals surface area contributed by atoms with Crippen molar-refractivity contribution in [1.29, 1.82) is 0 Å². The first-order valence-corrected chi connectivity index (χ1v) is 16.3. The van der Waals surface area contributed by atoms with Crippen molar-refractivity contribution in [3.05, 3.63) is 35.9 Å². The first-order valence-electron chi connectivity index (χ1n) is 16.3. The van der Waals surface area contributed by atoms with Gasteiger partial charge in [0.2, 0.25) is 0 Å². The monoisotopic (exact) mass is 629 g/mol. The number of carbonyl (C=O) groups excluding carboxylic acids is 2. The number of esters is 2. The van der Waals surface area contributed by atoms with Crippen LogP contribution in [0.3, 0.4) is 0 Å². The van der Waals surface area contributed by atoms with Gasteiger partial charge in [0, 0.05) is 82.3 Å². The minimum absolute atomic E-state index is 0.114. The number of hydrogen-bond acceptors (Lipinski definition) is 11. The van der Waals surface area contributed by atoms with Crippen LogP contribution >= 0.6 is 0 Å². The van der Waals surface area contributed by atoms with E-state index in [1.54, 1.807) is 45.6 Å². The molecule has 1 aliphatic heterocycles. The molecule has 7 rings (SSSR count). The van der Waals surface area contributed by atoms with Gasteiger partial charge in [-0.2, -0.15) is 0 Å². The highest BCUT2D eigenvalue weighted by molar-refractivity contribution is 5.89. The summed E-state index contributed by atoms with van der Waals surface area (Å²) in [7, 11) is 4.99. The highest BCUT2D eigenvalue weighted by Gasteiger charge is 2.87. The number of ether oxygens (including phenoxy) is 5. The Morgan fingerprint density at radius 3 is 2.36 bits per heavy atom. The molecule has 5 aliphatic carbocycles. The molecular formula is C34H47NO10. The molecule has 0 radical (unpaired) electrons. The summed E-state index contributed by atoms with van der Waals surface area (Å²) in [6.07, 6.45) is -2.95. The van der Waals surface area contributed by atoms with Crippen LogP contribution in [0.1, 0.15) is 49.9 Å². The summed E-state index contributed by atoms with van der Waals surface area (Å²) >= 11 is 0. The van der Waals surface area contributed by atoms with Gasteiger partial charge >= 0.3 is 11.9 Å². The van der Waals surface area contributed by atoms with Gasteiger partial charge in [-0.25, -0.2) is 4.79 Å². The lowest BCUT2D eigenvalue weighted by Crippen LogP contribution is -2.88. The quantitative estimate of drug-likeness (QED) is 0.359. The van der Waals surface area contributed by atoms with E-state index in [-0.39, 0.29) is 30.9 Å². The van der Waals surface area contributed by atoms with E-state index in [4.69, 9.17) is 23.7 Å². The Morgan fingerprint density at radius 1 is 1.00 bits per heavy atom. The molecule has 7 bridgehead atoms. The van der Waals surface area contributed by atoms with Gasteiger partial charge in [-0.1, -0.05) is 25.1 Å². The summed E-state index contributed by atoms with van der Waals surface area (Å²) in [6.45, 7) is 4.90. The van der Waals surface area contributed by atoms with Crippen LogP contribution < -0.4 is 0 Å². The first kappa shape index (κ1) is 31.5. The predicted octanol–water partition coefficient (Wildman–Crippen LogP) is 1.41. The summed E-state index contributed by atoms with van der Waals surface area (Å²) in [5.74, 6) is -2.96. The molecule has 11 nitrogen and oxygen atoms in total. The molecule has 11 heteroatoms. The number of rotatable bonds is 8. The van der Waals surface area contributed by atoms with Crippen LogP contribution in [0.4, 0.5) is 0 Å². The van der Waals surface area contributed by atoms with E-state index in [0.717, 1.165) is 0 Å². The molecule has 1 aromatic carbocycles. The number of nitrogens with zero attached hydrogens (tertiary/aromatic N) is 1. The second-order valence-corrected chi connectivity index (χ2v) is 14.5. The maximum atomic E-state index is 13.6. The van der Waals surface area contributed by atoms with Crippen molar-refractivity contribution in [2.75, 3.05) is 41.0 Å². The Hall–Kier alpha value is -2.12. The Morgan fingerprint density at radius 2 is 1.73 bits per heavy atom. The van der Waals surface area contributed by atoms with Crippen molar-refractivity contribution >= 4 is 11.9 Å². The minimum Gasteiger partial charge on any atom is -0.456 e. The fourth-order valence-electron chi connectivity index (χ4n) is 12.2. The Bertz CT molecular complexity index is 1330. The van der Waals surface area contributed by atoms with Gasteiger partial charge in [-0.05, 0) is 37.4 Å². The molecule has 248 valence electrons. The van der Waals surface area contributed by atoms with Crippen molar-refractivity contribution < 1.29 is 48.6 Å². The molecule has 1 saturated heterocycles. The van der Waals surface area contributed by atoms with Crippen LogP contribution in [-0.2, 0) is 28.5 Å². The van der Waals surface area contributed by atoms with E-state index >= 15 is 0 Å². The Kier molecular flexibility index (Phi) is 7.48. The van der Waals surface area contributed by atoms with Gasteiger partial charge in [0.1, 0.15) is 17.3 Å². The van der Waals surface area contributed by atoms with Crippen molar-refractivity contribution in [3.63, 3.8) is 0 Å². The molecule has 1 spiro atoms. The van der Waals surface area contributed by atoms with Gasteiger partial charge in [0.25, 0.3) is 0 Å². The summed E-state index contributed by atoms with van der Waals surface area (Å²) in [6, 6.07) is 8.40. The maximum absolute atomic E-state index is 13.6. The zero-order chi connectivity index (χ0) is 32.1. The van der Waals surface area contributed by atoms with E-state index in [2.05, 4.69) is 11.8 Å². The van der Waals surface area contributed by atoms with Crippen LogP contribution in [0.5, 0.6) is 0 Å². The van der Waals surface area contributed by atoms with Crippen LogP contribution in [0, 0.1) is 34.5 Å². The van der Waals surface area contributed by atoms with Crippen molar-refractivity contribution in [3.8, 4) is 0 Å². The average Bonchev–Trinajstić information content (AvgIpc) is 3.25. The smallest absolute Gasteiger partial charge is 0.338 e. The molecule has 3 N–H and O–H groups in total. The largest absolute Gasteiger partial charge is 0.456 e. The number of aliphatic hydroxyl groups excluding tert-OH is 2. The highest BCUT2D eigenvalue weighted by atomic mass is 16.6. The van der Waals surface area contributed by atoms with E-state index in [1.165, 1.54) is 6.92 Å². The predicted molar refractivity (Wildman–Crippen MR) is 159 cm³/mol. The normalized spacial score (nSPS) is 49.3. The summed E-state index contributed by atoms with van der Waals surface area (Å²) in [4.78, 5) is 29.1. The van der Waals surface area contributed by atoms with Gasteiger partial charge < -0.3 is 39.0 Å². The van der Waals surface area contributed by atoms with Gasteiger partial charge in [0.05, 0.1) is 36.6 Å². The molecule has 6 fully saturated rings. The van der Waals surface area contributed by atoms with Gasteiger partial charge in [-0.15, -0.1) is 0 Å². The standard InChI is InChI=1S/C34H47NO10/c1-6-35-16-31(17-41-3)23(37)13-25(43-5)33-21-14-32(40)15-24(38)34(45-18(2)36,20(28(33)35)12-22(42-4)27(31)33)26(21)29(32)44-30(39)19-10-8-7-9-11-19/h7-11,20-29,37-38,40H,6,12-17H2,1-5H3. The Labute approximate surface area is 264 Å². The SMILES string of the molecule is CCN1CC2(COC)C(O)CC(OC)C34C5CC6(O)CC(O)C(OC(C)=O)(C(CC(OC)C23)C14)C5C6OC(=O)c1ccccc1. The second-order valence-electron chi connectivity index (χ2n) is 14.5. The van der Waals surface area contributed by atoms with E-state index < -0.39 is 76.1 Å². The summed E-state index contributed by atoms with van der Waals surface area (Å²) in [5.41, 5.74) is -4.12. The van der Waals surface area contributed by atoms with Crippen LogP contribution in [0.15, 0.2) is 30.3 Å². The zero-order valence-electron chi connectivity index (χ0n) is 26.8. The highest BCUT2D eigenvalue weighted by Crippen LogP contribution is 2.78. The molecule has 6 aliphatic rings. The number of methoxy groups -OCH3 is 3. The summed E-state index contributed by atoms with van der Waals surface area (Å²) < 4.78 is 31.3. The molecule has 1 aromatic rings. The number of benzene rings is 1. The van der Waals surface area contributed by atoms with Crippen LogP contribution in [0.2, 0.25) is 0 Å². The lowest BCUT2D eigenvalue weighted by atomic mass is 9.33. The number of likely N-dealkylation sites (tertiary alicyclic amines) is 1. The first-order chi connectivity index (χ1) is 21.5. The topological polar surface area (TPSA) is 144 Å². The molecule has 5 saturated carbocycles. The fourth-order valence-corrected chi connectivity index (χ4v) is 12.2. The fraction of sp³-hybridized carbons (Fsp3) is 0.765. The molecule has 1 heterocycles. The average molecular weight is 630 g/mol. The van der Waals surface area contributed by atoms with Crippen LogP contribution in [-0.4, -0.2) is 121 Å². The molecule has 14 unspecified atom stereocenters. The Balaban J connectivity index is 1.49. The summed E-state index contributed by atoms with van der Waals surface area (Å²) in [5, 5.41) is 36.6. The van der Waals surface area contributed by atoms with Crippen LogP contribution in [0.25, 0.3) is 0 Å². The molecule has 0 aromatic heterocycles. The number of hydrogen-bond donors (Lipinski definition) is 3. The second kappa shape index (κ2) is 10.7. The lowest BCUT2D eigenvalue weighted by molar-refractivity contribution is -0.379. The van der Waals surface area contributed by atoms with Crippen molar-refractivity contribution in [1.82, 2.24) is 4.90 Å². The minimum atomic E-state index is -1.58. The number of fused-ring (bicyclic) bond motifs is 2. The van der Waals surface area contributed by atoms with E-state index in [0.29, 0.717) is 38.1 Å².